The molecule has 0 radical (unpaired) electrons. The van der Waals surface area contributed by atoms with Crippen LogP contribution < -0.4 is 0 Å². The largest absolute Gasteiger partial charge is 0.107 e. The molecule has 3 aromatic carbocycles. The van der Waals surface area contributed by atoms with E-state index in [4.69, 9.17) is 0 Å². The minimum Gasteiger partial charge on any atom is -0.107 e. The van der Waals surface area contributed by atoms with Gasteiger partial charge in [0, 0.05) is 0 Å². The van der Waals surface area contributed by atoms with Gasteiger partial charge in [-0.05, 0) is 68.0 Å². The molecule has 0 saturated carbocycles. The van der Waals surface area contributed by atoms with Crippen molar-refractivity contribution in [3.8, 4) is 11.1 Å². The molecule has 3 aromatic rings. The minimum absolute atomic E-state index is 0. The van der Waals surface area contributed by atoms with Crippen LogP contribution in [0.3, 0.4) is 0 Å². The molecule has 33 heavy (non-hydrogen) atoms. The minimum atomic E-state index is -0.331. The molecule has 1 heteroatoms. The lowest BCUT2D eigenvalue weighted by molar-refractivity contribution is 0.729. The highest BCUT2D eigenvalue weighted by molar-refractivity contribution is 14.0. The predicted octanol–water partition coefficient (Wildman–Crippen LogP) is 8.76. The molecule has 6 rings (SSSR count). The van der Waals surface area contributed by atoms with E-state index in [0.29, 0.717) is 5.92 Å². The lowest BCUT2D eigenvalue weighted by atomic mass is 9.67. The molecule has 3 aliphatic rings. The molecule has 162 valence electrons. The fourth-order valence-corrected chi connectivity index (χ4v) is 6.34. The first-order valence-electron chi connectivity index (χ1n) is 11.4. The third-order valence-electron chi connectivity index (χ3n) is 7.51. The van der Waals surface area contributed by atoms with E-state index in [2.05, 4.69) is 111 Å². The van der Waals surface area contributed by atoms with Crippen molar-refractivity contribution in [2.75, 3.05) is 0 Å². The Labute approximate surface area is 213 Å². The van der Waals surface area contributed by atoms with Crippen LogP contribution in [0.2, 0.25) is 0 Å². The van der Waals surface area contributed by atoms with Crippen LogP contribution in [0.25, 0.3) is 22.3 Å². The average molecular weight is 538 g/mol. The van der Waals surface area contributed by atoms with Crippen molar-refractivity contribution in [1.29, 1.82) is 0 Å². The van der Waals surface area contributed by atoms with Gasteiger partial charge in [-0.15, -0.1) is 24.0 Å². The first kappa shape index (κ1) is 21.9. The Bertz CT molecular complexity index is 1380. The fourth-order valence-electron chi connectivity index (χ4n) is 6.34. The number of hydrogen-bond donors (Lipinski definition) is 0. The van der Waals surface area contributed by atoms with Gasteiger partial charge in [-0.3, -0.25) is 0 Å². The SMILES string of the molecule is C=CC1=C(C=C)C2(C3=C(c4ccccc42)C(C)CC=C3)c2cccc(-c3ccccc3)c21.I. The van der Waals surface area contributed by atoms with Crippen molar-refractivity contribution in [2.45, 2.75) is 18.8 Å². The molecule has 1 spiro atoms. The molecule has 3 aliphatic carbocycles. The number of rotatable bonds is 3. The Kier molecular flexibility index (Phi) is 5.41. The van der Waals surface area contributed by atoms with Gasteiger partial charge in [0.1, 0.15) is 0 Å². The summed E-state index contributed by atoms with van der Waals surface area (Å²) < 4.78 is 0. The maximum atomic E-state index is 4.32. The summed E-state index contributed by atoms with van der Waals surface area (Å²) in [6.45, 7) is 10.9. The topological polar surface area (TPSA) is 0 Å². The van der Waals surface area contributed by atoms with Crippen molar-refractivity contribution in [3.05, 3.63) is 144 Å². The first-order valence-corrected chi connectivity index (χ1v) is 11.4. The van der Waals surface area contributed by atoms with Gasteiger partial charge in [-0.2, -0.15) is 0 Å². The Morgan fingerprint density at radius 1 is 0.818 bits per heavy atom. The maximum absolute atomic E-state index is 4.32. The summed E-state index contributed by atoms with van der Waals surface area (Å²) in [5.74, 6) is 0.495. The molecule has 2 unspecified atom stereocenters. The second-order valence-corrected chi connectivity index (χ2v) is 8.99. The molecule has 0 bridgehead atoms. The van der Waals surface area contributed by atoms with Gasteiger partial charge in [0.15, 0.2) is 0 Å². The van der Waals surface area contributed by atoms with Crippen molar-refractivity contribution < 1.29 is 0 Å². The van der Waals surface area contributed by atoms with Gasteiger partial charge in [-0.1, -0.05) is 117 Å². The Balaban J connectivity index is 0.00000228. The van der Waals surface area contributed by atoms with E-state index in [1.165, 1.54) is 55.7 Å². The fraction of sp³-hybridized carbons (Fsp3) is 0.125. The van der Waals surface area contributed by atoms with Gasteiger partial charge in [0.2, 0.25) is 0 Å². The zero-order chi connectivity index (χ0) is 21.9. The van der Waals surface area contributed by atoms with Crippen molar-refractivity contribution in [1.82, 2.24) is 0 Å². The van der Waals surface area contributed by atoms with E-state index in [9.17, 15) is 0 Å². The van der Waals surface area contributed by atoms with Gasteiger partial charge in [-0.25, -0.2) is 0 Å². The van der Waals surface area contributed by atoms with Gasteiger partial charge in [0.25, 0.3) is 0 Å². The molecule has 0 nitrogen and oxygen atoms in total. The summed E-state index contributed by atoms with van der Waals surface area (Å²) in [5, 5.41) is 0. The van der Waals surface area contributed by atoms with Crippen LogP contribution in [-0.4, -0.2) is 0 Å². The Morgan fingerprint density at radius 2 is 1.52 bits per heavy atom. The molecular weight excluding hydrogens is 511 g/mol. The van der Waals surface area contributed by atoms with Crippen LogP contribution in [0.5, 0.6) is 0 Å². The van der Waals surface area contributed by atoms with Crippen LogP contribution in [0.15, 0.2) is 121 Å². The van der Waals surface area contributed by atoms with Crippen LogP contribution in [0.4, 0.5) is 0 Å². The summed E-state index contributed by atoms with van der Waals surface area (Å²) in [6.07, 6.45) is 9.93. The van der Waals surface area contributed by atoms with Crippen LogP contribution >= 0.6 is 24.0 Å². The summed E-state index contributed by atoms with van der Waals surface area (Å²) in [6, 6.07) is 26.5. The van der Waals surface area contributed by atoms with E-state index in [1.54, 1.807) is 0 Å². The van der Waals surface area contributed by atoms with Crippen molar-refractivity contribution in [2.24, 2.45) is 5.92 Å². The summed E-state index contributed by atoms with van der Waals surface area (Å²) in [7, 11) is 0. The van der Waals surface area contributed by atoms with Crippen molar-refractivity contribution in [3.63, 3.8) is 0 Å². The summed E-state index contributed by atoms with van der Waals surface area (Å²) >= 11 is 0. The first-order chi connectivity index (χ1) is 15.7. The van der Waals surface area contributed by atoms with Crippen LogP contribution in [0, 0.1) is 5.92 Å². The van der Waals surface area contributed by atoms with E-state index in [0.717, 1.165) is 6.42 Å². The van der Waals surface area contributed by atoms with Gasteiger partial charge in [0.05, 0.1) is 5.41 Å². The summed E-state index contributed by atoms with van der Waals surface area (Å²) in [4.78, 5) is 0. The van der Waals surface area contributed by atoms with E-state index in [-0.39, 0.29) is 29.4 Å². The molecular formula is C32H27I. The number of allylic oxidation sites excluding steroid dienone is 8. The molecule has 0 heterocycles. The highest BCUT2D eigenvalue weighted by Gasteiger charge is 2.53. The zero-order valence-corrected chi connectivity index (χ0v) is 21.2. The molecule has 0 N–H and O–H groups in total. The molecule has 0 amide bonds. The quantitative estimate of drug-likeness (QED) is 0.293. The normalized spacial score (nSPS) is 22.0. The number of benzene rings is 3. The number of fused-ring (bicyclic) bond motifs is 6. The Morgan fingerprint density at radius 3 is 2.27 bits per heavy atom. The molecule has 0 aromatic heterocycles. The molecule has 0 aliphatic heterocycles. The molecule has 2 atom stereocenters. The van der Waals surface area contributed by atoms with E-state index in [1.807, 2.05) is 6.08 Å². The number of hydrogen-bond acceptors (Lipinski definition) is 0. The lowest BCUT2D eigenvalue weighted by Gasteiger charge is -2.33. The second kappa shape index (κ2) is 8.14. The molecule has 0 fully saturated rings. The highest BCUT2D eigenvalue weighted by atomic mass is 127. The predicted molar refractivity (Wildman–Crippen MR) is 152 cm³/mol. The van der Waals surface area contributed by atoms with E-state index >= 15 is 0 Å². The summed E-state index contributed by atoms with van der Waals surface area (Å²) in [5.41, 5.74) is 12.9. The highest BCUT2D eigenvalue weighted by Crippen LogP contribution is 2.64. The standard InChI is InChI=1S/C32H26.HI/c1-4-23-26(5-2)32(29-20-12-17-24(31(23)29)22-14-7-6-8-15-22)27-18-10-9-16-25(27)30-21(3)13-11-19-28(30)32;/h4-12,14-21H,1-2,13H2,3H3;1H. The van der Waals surface area contributed by atoms with E-state index < -0.39 is 0 Å². The smallest absolute Gasteiger partial charge is 0.0722 e. The van der Waals surface area contributed by atoms with Crippen LogP contribution in [0.1, 0.15) is 35.6 Å². The van der Waals surface area contributed by atoms with Gasteiger partial charge < -0.3 is 0 Å². The third kappa shape index (κ3) is 2.75. The van der Waals surface area contributed by atoms with Crippen LogP contribution in [-0.2, 0) is 5.41 Å². The number of halogens is 1. The third-order valence-corrected chi connectivity index (χ3v) is 7.51. The van der Waals surface area contributed by atoms with Crippen molar-refractivity contribution >= 4 is 35.1 Å². The molecule has 0 saturated heterocycles. The zero-order valence-electron chi connectivity index (χ0n) is 18.8. The lowest BCUT2D eigenvalue weighted by Crippen LogP contribution is -2.28. The average Bonchev–Trinajstić information content (AvgIpc) is 3.31. The monoisotopic (exact) mass is 538 g/mol. The second-order valence-electron chi connectivity index (χ2n) is 8.99. The van der Waals surface area contributed by atoms with Gasteiger partial charge >= 0.3 is 0 Å². The maximum Gasteiger partial charge on any atom is 0.0722 e. The Hall–Kier alpha value is -2.91.